The van der Waals surface area contributed by atoms with Crippen molar-refractivity contribution in [2.45, 2.75) is 18.7 Å². The summed E-state index contributed by atoms with van der Waals surface area (Å²) in [5.74, 6) is 0. The number of nitrogens with zero attached hydrogens (tertiary/aromatic N) is 2. The van der Waals surface area contributed by atoms with E-state index < -0.39 is 9.84 Å². The number of hydrogen-bond acceptors (Lipinski definition) is 6. The zero-order valence-electron chi connectivity index (χ0n) is 15.0. The Morgan fingerprint density at radius 1 is 0.960 bits per heavy atom. The molecule has 1 aliphatic carbocycles. The Balaban J connectivity index is 2.64. The predicted molar refractivity (Wildman–Crippen MR) is 102 cm³/mol. The normalized spacial score (nSPS) is 14.9. The number of allylic oxidation sites excluding steroid dienone is 3. The van der Waals surface area contributed by atoms with Gasteiger partial charge in [-0.3, -0.25) is 10.8 Å². The number of benzene rings is 1. The van der Waals surface area contributed by atoms with Crippen LogP contribution in [0.25, 0.3) is 0 Å². The summed E-state index contributed by atoms with van der Waals surface area (Å²) in [5.41, 5.74) is 1.01. The van der Waals surface area contributed by atoms with Gasteiger partial charge in [-0.25, -0.2) is 8.42 Å². The molecular weight excluding hydrogens is 336 g/mol. The quantitative estimate of drug-likeness (QED) is 0.764. The van der Waals surface area contributed by atoms with Crippen LogP contribution in [0.2, 0.25) is 0 Å². The van der Waals surface area contributed by atoms with Crippen molar-refractivity contribution in [3.05, 3.63) is 47.0 Å². The number of sulfone groups is 1. The largest absolute Gasteiger partial charge is 0.378 e. The maximum absolute atomic E-state index is 13.2. The zero-order valence-corrected chi connectivity index (χ0v) is 15.8. The standard InChI is InChI=1S/C18H24N4O2S/c1-5-22(6-2)16-12-11-15(19)17(20)18(16)25(23,24)14-9-7-13(8-10-14)21(3)4/h7-12,19-20H,5-6H2,1-4H3. The summed E-state index contributed by atoms with van der Waals surface area (Å²) < 4.78 is 26.4. The van der Waals surface area contributed by atoms with Gasteiger partial charge in [-0.1, -0.05) is 0 Å². The first-order chi connectivity index (χ1) is 11.7. The van der Waals surface area contributed by atoms with Gasteiger partial charge in [0.15, 0.2) is 0 Å². The summed E-state index contributed by atoms with van der Waals surface area (Å²) in [4.78, 5) is 3.81. The summed E-state index contributed by atoms with van der Waals surface area (Å²) in [5, 5.41) is 16.1. The minimum atomic E-state index is -3.90. The molecule has 0 spiro atoms. The lowest BCUT2D eigenvalue weighted by Crippen LogP contribution is -2.31. The molecule has 1 aliphatic rings. The highest BCUT2D eigenvalue weighted by molar-refractivity contribution is 7.96. The molecule has 6 nitrogen and oxygen atoms in total. The Hall–Kier alpha value is -2.41. The van der Waals surface area contributed by atoms with Gasteiger partial charge in [0, 0.05) is 32.9 Å². The van der Waals surface area contributed by atoms with E-state index in [1.165, 1.54) is 6.08 Å². The Kier molecular flexibility index (Phi) is 5.47. The first-order valence-electron chi connectivity index (χ1n) is 8.11. The lowest BCUT2D eigenvalue weighted by molar-refractivity contribution is 0.393. The molecule has 0 saturated carbocycles. The van der Waals surface area contributed by atoms with Gasteiger partial charge >= 0.3 is 0 Å². The van der Waals surface area contributed by atoms with Gasteiger partial charge in [0.25, 0.3) is 0 Å². The minimum absolute atomic E-state index is 0.0960. The average Bonchev–Trinajstić information content (AvgIpc) is 2.59. The van der Waals surface area contributed by atoms with E-state index in [0.29, 0.717) is 18.8 Å². The molecule has 2 N–H and O–H groups in total. The molecule has 0 unspecified atom stereocenters. The maximum atomic E-state index is 13.2. The molecular formula is C18H24N4O2S. The van der Waals surface area contributed by atoms with Crippen molar-refractivity contribution in [3.63, 3.8) is 0 Å². The first kappa shape index (κ1) is 18.9. The minimum Gasteiger partial charge on any atom is -0.378 e. The molecule has 0 radical (unpaired) electrons. The van der Waals surface area contributed by atoms with E-state index >= 15 is 0 Å². The highest BCUT2D eigenvalue weighted by atomic mass is 32.2. The second-order valence-corrected chi connectivity index (χ2v) is 7.79. The molecule has 0 atom stereocenters. The number of nitrogens with one attached hydrogen (secondary N) is 2. The summed E-state index contributed by atoms with van der Waals surface area (Å²) in [6, 6.07) is 6.57. The maximum Gasteiger partial charge on any atom is 0.210 e. The fourth-order valence-corrected chi connectivity index (χ4v) is 4.28. The van der Waals surface area contributed by atoms with Crippen molar-refractivity contribution in [1.29, 1.82) is 10.8 Å². The van der Waals surface area contributed by atoms with Crippen LogP contribution in [-0.2, 0) is 9.84 Å². The van der Waals surface area contributed by atoms with Gasteiger partial charge in [0.1, 0.15) is 10.6 Å². The van der Waals surface area contributed by atoms with Crippen LogP contribution in [0.3, 0.4) is 0 Å². The predicted octanol–water partition coefficient (Wildman–Crippen LogP) is 2.69. The van der Waals surface area contributed by atoms with Crippen molar-refractivity contribution in [1.82, 2.24) is 4.90 Å². The fraction of sp³-hybridized carbons (Fsp3) is 0.333. The SMILES string of the molecule is CCN(CC)C1=C(S(=O)(=O)c2ccc(N(C)C)cc2)C(=N)C(=N)C=C1. The van der Waals surface area contributed by atoms with Crippen molar-refractivity contribution in [2.75, 3.05) is 32.1 Å². The molecule has 0 fully saturated rings. The van der Waals surface area contributed by atoms with Gasteiger partial charge in [-0.15, -0.1) is 0 Å². The van der Waals surface area contributed by atoms with Crippen LogP contribution in [0.4, 0.5) is 5.69 Å². The van der Waals surface area contributed by atoms with E-state index in [1.807, 2.05) is 37.7 Å². The van der Waals surface area contributed by atoms with Gasteiger partial charge in [0.2, 0.25) is 9.84 Å². The first-order valence-corrected chi connectivity index (χ1v) is 9.60. The van der Waals surface area contributed by atoms with Crippen LogP contribution in [0.15, 0.2) is 51.9 Å². The van der Waals surface area contributed by atoms with E-state index in [2.05, 4.69) is 0 Å². The number of rotatable bonds is 6. The molecule has 0 saturated heterocycles. The second kappa shape index (κ2) is 7.23. The molecule has 25 heavy (non-hydrogen) atoms. The molecule has 0 aliphatic heterocycles. The van der Waals surface area contributed by atoms with Gasteiger partial charge in [-0.2, -0.15) is 0 Å². The molecule has 0 bridgehead atoms. The zero-order chi connectivity index (χ0) is 18.8. The van der Waals surface area contributed by atoms with Crippen LogP contribution in [0.1, 0.15) is 13.8 Å². The van der Waals surface area contributed by atoms with Crippen LogP contribution >= 0.6 is 0 Å². The monoisotopic (exact) mass is 360 g/mol. The van der Waals surface area contributed by atoms with Crippen molar-refractivity contribution >= 4 is 26.9 Å². The molecule has 1 aromatic rings. The van der Waals surface area contributed by atoms with Crippen molar-refractivity contribution in [3.8, 4) is 0 Å². The van der Waals surface area contributed by atoms with E-state index in [-0.39, 0.29) is 21.2 Å². The number of anilines is 1. The Morgan fingerprint density at radius 2 is 1.52 bits per heavy atom. The Morgan fingerprint density at radius 3 is 2.00 bits per heavy atom. The fourth-order valence-electron chi connectivity index (χ4n) is 2.70. The molecule has 1 aromatic carbocycles. The van der Waals surface area contributed by atoms with Crippen LogP contribution < -0.4 is 4.90 Å². The Labute approximate surface area is 149 Å². The van der Waals surface area contributed by atoms with Gasteiger partial charge < -0.3 is 9.80 Å². The van der Waals surface area contributed by atoms with E-state index in [1.54, 1.807) is 30.3 Å². The van der Waals surface area contributed by atoms with E-state index in [0.717, 1.165) is 5.69 Å². The second-order valence-electron chi connectivity index (χ2n) is 5.90. The topological polar surface area (TPSA) is 88.3 Å². The third-order valence-electron chi connectivity index (χ3n) is 4.17. The van der Waals surface area contributed by atoms with E-state index in [9.17, 15) is 8.42 Å². The molecule has 2 rings (SSSR count). The van der Waals surface area contributed by atoms with Crippen LogP contribution in [0, 0.1) is 10.8 Å². The third kappa shape index (κ3) is 3.51. The summed E-state index contributed by atoms with van der Waals surface area (Å²) >= 11 is 0. The highest BCUT2D eigenvalue weighted by Crippen LogP contribution is 2.29. The average molecular weight is 360 g/mol. The molecule has 0 aromatic heterocycles. The lowest BCUT2D eigenvalue weighted by Gasteiger charge is -2.27. The molecule has 0 heterocycles. The van der Waals surface area contributed by atoms with Crippen molar-refractivity contribution < 1.29 is 8.42 Å². The highest BCUT2D eigenvalue weighted by Gasteiger charge is 2.32. The van der Waals surface area contributed by atoms with Gasteiger partial charge in [-0.05, 0) is 50.3 Å². The van der Waals surface area contributed by atoms with E-state index in [4.69, 9.17) is 10.8 Å². The smallest absolute Gasteiger partial charge is 0.210 e. The number of hydrogen-bond donors (Lipinski definition) is 2. The van der Waals surface area contributed by atoms with Gasteiger partial charge in [0.05, 0.1) is 16.3 Å². The summed E-state index contributed by atoms with van der Waals surface area (Å²) in [6.07, 6.45) is 3.10. The van der Waals surface area contributed by atoms with Crippen LogP contribution in [0.5, 0.6) is 0 Å². The third-order valence-corrected chi connectivity index (χ3v) is 6.02. The molecule has 0 amide bonds. The summed E-state index contributed by atoms with van der Waals surface area (Å²) in [6.45, 7) is 5.11. The lowest BCUT2D eigenvalue weighted by atomic mass is 10.1. The summed E-state index contributed by atoms with van der Waals surface area (Å²) in [7, 11) is -0.133. The molecule has 7 heteroatoms. The molecule has 134 valence electrons. The Bertz CT molecular complexity index is 846. The van der Waals surface area contributed by atoms with Crippen LogP contribution in [-0.4, -0.2) is 51.9 Å². The number of likely N-dealkylation sites (N-methyl/N-ethyl adjacent to an activating group) is 1. The van der Waals surface area contributed by atoms with Crippen molar-refractivity contribution in [2.24, 2.45) is 0 Å².